The summed E-state index contributed by atoms with van der Waals surface area (Å²) in [6.45, 7) is 2.22. The minimum Gasteiger partial charge on any atom is -0.264 e. The summed E-state index contributed by atoms with van der Waals surface area (Å²) < 4.78 is 0.529. The lowest BCUT2D eigenvalue weighted by Crippen LogP contribution is -1.83. The maximum absolute atomic E-state index is 4.01. The number of hydrogen-bond acceptors (Lipinski definition) is 2. The van der Waals surface area contributed by atoms with Gasteiger partial charge in [0.1, 0.15) is 0 Å². The number of benzene rings is 2. The maximum Gasteiger partial charge on any atom is 0.0697 e. The zero-order valence-corrected chi connectivity index (χ0v) is 19.3. The zero-order chi connectivity index (χ0) is 20.0. The lowest BCUT2D eigenvalue weighted by Gasteiger charge is -1.97. The summed E-state index contributed by atoms with van der Waals surface area (Å²) in [4.78, 5) is 8.03. The third-order valence-corrected chi connectivity index (χ3v) is 5.04. The molecule has 28 heavy (non-hydrogen) atoms. The molecular formula is C24H26Br2N2. The summed E-state index contributed by atoms with van der Waals surface area (Å²) in [6.07, 6.45) is 12.6. The number of hydrogen-bond donors (Lipinski definition) is 0. The fourth-order valence-electron chi connectivity index (χ4n) is 2.60. The number of fused-ring (bicyclic) bond motifs is 2. The lowest BCUT2D eigenvalue weighted by molar-refractivity contribution is 0.701. The monoisotopic (exact) mass is 500 g/mol. The Bertz CT molecular complexity index is 739. The molecule has 2 aromatic carbocycles. The van der Waals surface area contributed by atoms with Gasteiger partial charge in [-0.3, -0.25) is 9.97 Å². The van der Waals surface area contributed by atoms with Gasteiger partial charge in [-0.25, -0.2) is 0 Å². The Morgan fingerprint density at radius 3 is 1.54 bits per heavy atom. The Kier molecular flexibility index (Phi) is 10.8. The second-order valence-corrected chi connectivity index (χ2v) is 9.77. The van der Waals surface area contributed by atoms with Crippen molar-refractivity contribution in [2.75, 3.05) is 0 Å². The van der Waals surface area contributed by atoms with Crippen molar-refractivity contribution in [1.82, 2.24) is 9.97 Å². The lowest BCUT2D eigenvalue weighted by atomic mass is 10.2. The van der Waals surface area contributed by atoms with E-state index < -0.39 is 0 Å². The highest BCUT2D eigenvalue weighted by Crippen LogP contribution is 2.16. The van der Waals surface area contributed by atoms with Crippen LogP contribution in [0.4, 0.5) is 0 Å². The smallest absolute Gasteiger partial charge is 0.0697 e. The molecule has 0 spiro atoms. The first-order valence-electron chi connectivity index (χ1n) is 9.56. The molecule has 0 atom stereocenters. The average molecular weight is 502 g/mol. The Morgan fingerprint density at radius 2 is 1.14 bits per heavy atom. The summed E-state index contributed by atoms with van der Waals surface area (Å²) in [7, 11) is 0. The van der Waals surface area contributed by atoms with E-state index in [0.717, 1.165) is 0 Å². The molecule has 0 aliphatic carbocycles. The molecule has 4 rings (SSSR count). The molecule has 2 aromatic heterocycles. The molecule has 0 saturated carbocycles. The second kappa shape index (κ2) is 13.4. The minimum absolute atomic E-state index is 0.529. The fraction of sp³-hybridized carbons (Fsp3) is 0.250. The van der Waals surface area contributed by atoms with Crippen molar-refractivity contribution >= 4 is 53.4 Å². The van der Waals surface area contributed by atoms with Gasteiger partial charge in [-0.2, -0.15) is 0 Å². The highest BCUT2D eigenvalue weighted by Gasteiger charge is 1.94. The van der Waals surface area contributed by atoms with Crippen LogP contribution in [0.2, 0.25) is 0 Å². The van der Waals surface area contributed by atoms with Crippen molar-refractivity contribution in [1.29, 1.82) is 0 Å². The van der Waals surface area contributed by atoms with Gasteiger partial charge >= 0.3 is 0 Å². The van der Waals surface area contributed by atoms with E-state index in [4.69, 9.17) is 0 Å². The van der Waals surface area contributed by atoms with Crippen molar-refractivity contribution in [2.24, 2.45) is 0 Å². The largest absolute Gasteiger partial charge is 0.264 e. The van der Waals surface area contributed by atoms with E-state index in [2.05, 4.69) is 73.0 Å². The predicted octanol–water partition coefficient (Wildman–Crippen LogP) is 8.15. The Hall–Kier alpha value is -1.78. The van der Waals surface area contributed by atoms with Gasteiger partial charge in [-0.1, -0.05) is 107 Å². The van der Waals surface area contributed by atoms with Crippen LogP contribution in [0.3, 0.4) is 0 Å². The van der Waals surface area contributed by atoms with E-state index in [-0.39, 0.29) is 0 Å². The molecule has 0 unspecified atom stereocenters. The first-order chi connectivity index (χ1) is 13.7. The molecule has 4 aromatic rings. The molecule has 0 aliphatic heterocycles. The summed E-state index contributed by atoms with van der Waals surface area (Å²) in [5, 5.41) is 4.89. The number of nitrogens with zero attached hydrogens (tertiary/aromatic N) is 2. The van der Waals surface area contributed by atoms with E-state index in [9.17, 15) is 0 Å². The normalized spacial score (nSPS) is 10.1. The molecule has 0 radical (unpaired) electrons. The summed E-state index contributed by atoms with van der Waals surface area (Å²) in [6, 6.07) is 20.4. The van der Waals surface area contributed by atoms with Crippen LogP contribution in [-0.2, 0) is 0 Å². The number of unbranched alkanes of at least 4 members (excludes halogenated alkanes) is 2. The van der Waals surface area contributed by atoms with Gasteiger partial charge in [0.05, 0.1) is 3.74 Å². The molecule has 0 N–H and O–H groups in total. The van der Waals surface area contributed by atoms with Crippen LogP contribution in [0.15, 0.2) is 85.5 Å². The number of aromatic nitrogens is 2. The average Bonchev–Trinajstić information content (AvgIpc) is 2.75. The molecule has 2 nitrogen and oxygen atoms in total. The molecule has 4 heteroatoms. The number of pyridine rings is 2. The van der Waals surface area contributed by atoms with E-state index in [1.807, 2.05) is 61.2 Å². The van der Waals surface area contributed by atoms with E-state index in [0.29, 0.717) is 3.74 Å². The molecule has 2 heterocycles. The highest BCUT2D eigenvalue weighted by molar-refractivity contribution is 9.24. The molecule has 0 amide bonds. The summed E-state index contributed by atoms with van der Waals surface area (Å²) >= 11 is 6.84. The molecule has 0 aliphatic rings. The fourth-order valence-corrected chi connectivity index (χ4v) is 3.25. The van der Waals surface area contributed by atoms with E-state index in [1.165, 1.54) is 47.2 Å². The van der Waals surface area contributed by atoms with E-state index >= 15 is 0 Å². The van der Waals surface area contributed by atoms with Crippen LogP contribution in [-0.4, -0.2) is 13.7 Å². The van der Waals surface area contributed by atoms with Crippen LogP contribution >= 0.6 is 31.9 Å². The number of alkyl halides is 2. The first-order valence-corrected chi connectivity index (χ1v) is 11.4. The van der Waals surface area contributed by atoms with Gasteiger partial charge in [0.15, 0.2) is 0 Å². The standard InChI is InChI=1S/2C9H7N.C6H12Br2/c2*1-2-4-9-7-10-6-5-8(9)3-1;1-2-3-4-5-6(7)8/h2*1-7H;6H,2-5H2,1H3. The summed E-state index contributed by atoms with van der Waals surface area (Å²) in [5.74, 6) is 0. The van der Waals surface area contributed by atoms with Gasteiger partial charge in [0.2, 0.25) is 0 Å². The van der Waals surface area contributed by atoms with Gasteiger partial charge in [0, 0.05) is 24.8 Å². The topological polar surface area (TPSA) is 25.8 Å². The van der Waals surface area contributed by atoms with Crippen molar-refractivity contribution in [3.05, 3.63) is 85.5 Å². The van der Waals surface area contributed by atoms with Gasteiger partial charge in [-0.15, -0.1) is 0 Å². The van der Waals surface area contributed by atoms with Gasteiger partial charge in [0.25, 0.3) is 0 Å². The number of rotatable bonds is 4. The Labute approximate surface area is 184 Å². The molecular weight excluding hydrogens is 476 g/mol. The quantitative estimate of drug-likeness (QED) is 0.208. The minimum atomic E-state index is 0.529. The first kappa shape index (κ1) is 22.5. The van der Waals surface area contributed by atoms with Gasteiger partial charge in [-0.05, 0) is 40.1 Å². The van der Waals surface area contributed by atoms with Crippen LogP contribution in [0.1, 0.15) is 32.6 Å². The van der Waals surface area contributed by atoms with Crippen LogP contribution in [0.25, 0.3) is 21.5 Å². The molecule has 0 fully saturated rings. The Balaban J connectivity index is 0.000000152. The van der Waals surface area contributed by atoms with Gasteiger partial charge < -0.3 is 0 Å². The zero-order valence-electron chi connectivity index (χ0n) is 16.1. The molecule has 146 valence electrons. The van der Waals surface area contributed by atoms with Crippen molar-refractivity contribution in [3.8, 4) is 0 Å². The van der Waals surface area contributed by atoms with Crippen molar-refractivity contribution < 1.29 is 0 Å². The van der Waals surface area contributed by atoms with Crippen LogP contribution in [0, 0.1) is 0 Å². The molecule has 0 saturated heterocycles. The maximum atomic E-state index is 4.01. The third kappa shape index (κ3) is 8.49. The second-order valence-electron chi connectivity index (χ2n) is 6.33. The van der Waals surface area contributed by atoms with E-state index in [1.54, 1.807) is 0 Å². The summed E-state index contributed by atoms with van der Waals surface area (Å²) in [5.41, 5.74) is 0. The predicted molar refractivity (Wildman–Crippen MR) is 129 cm³/mol. The molecule has 0 bridgehead atoms. The van der Waals surface area contributed by atoms with Crippen molar-refractivity contribution in [2.45, 2.75) is 36.3 Å². The number of halogens is 2. The Morgan fingerprint density at radius 1 is 0.679 bits per heavy atom. The van der Waals surface area contributed by atoms with Crippen LogP contribution in [0.5, 0.6) is 0 Å². The highest BCUT2D eigenvalue weighted by atomic mass is 79.9. The van der Waals surface area contributed by atoms with Crippen molar-refractivity contribution in [3.63, 3.8) is 0 Å². The SMILES string of the molecule is CCCCCC(Br)Br.c1ccc2cnccc2c1.c1ccc2cnccc2c1. The van der Waals surface area contributed by atoms with Crippen LogP contribution < -0.4 is 0 Å². The third-order valence-electron chi connectivity index (χ3n) is 4.13.